The Hall–Kier alpha value is -3.12. The van der Waals surface area contributed by atoms with Crippen LogP contribution in [0, 0.1) is 0 Å². The molecular weight excluding hydrogens is 664 g/mol. The lowest BCUT2D eigenvalue weighted by molar-refractivity contribution is -0.127. The number of amides is 3. The van der Waals surface area contributed by atoms with Crippen molar-refractivity contribution in [3.8, 4) is 5.75 Å². The van der Waals surface area contributed by atoms with Crippen molar-refractivity contribution in [2.45, 2.75) is 6.61 Å². The number of thioether (sulfide) groups is 1. The molecule has 12 heteroatoms. The highest BCUT2D eigenvalue weighted by molar-refractivity contribution is 9.11. The van der Waals surface area contributed by atoms with Gasteiger partial charge in [0.1, 0.15) is 18.9 Å². The van der Waals surface area contributed by atoms with E-state index in [2.05, 4.69) is 37.2 Å². The Bertz CT molecular complexity index is 1460. The van der Waals surface area contributed by atoms with Gasteiger partial charge in [0.05, 0.1) is 30.1 Å². The van der Waals surface area contributed by atoms with Crippen molar-refractivity contribution in [3.05, 3.63) is 96.2 Å². The molecule has 3 aromatic rings. The molecule has 1 heterocycles. The van der Waals surface area contributed by atoms with E-state index in [0.29, 0.717) is 31.0 Å². The third-order valence-electron chi connectivity index (χ3n) is 5.23. The lowest BCUT2D eigenvalue weighted by Crippen LogP contribution is -2.36. The second kappa shape index (κ2) is 12.2. The fourth-order valence-corrected chi connectivity index (χ4v) is 5.86. The molecule has 4 rings (SSSR count). The number of rotatable bonds is 8. The highest BCUT2D eigenvalue weighted by atomic mass is 79.9. The topological polar surface area (TPSA) is 113 Å². The minimum absolute atomic E-state index is 0.173. The predicted molar refractivity (Wildman–Crippen MR) is 152 cm³/mol. The number of ether oxygens (including phenoxy) is 1. The van der Waals surface area contributed by atoms with Gasteiger partial charge in [-0.3, -0.25) is 19.3 Å². The summed E-state index contributed by atoms with van der Waals surface area (Å²) in [5.74, 6) is -1.62. The van der Waals surface area contributed by atoms with E-state index < -0.39 is 29.6 Å². The SMILES string of the molecule is O=C(CN1C(=O)S/C(=C/c2cc(Br)c(OCc3ccc(C(=O)O)cc3)c(Br)c2)C1=O)Nc1ccccc1Cl. The lowest BCUT2D eigenvalue weighted by Gasteiger charge is -2.13. The monoisotopic (exact) mass is 678 g/mol. The number of carbonyl (C=O) groups is 4. The number of nitrogens with one attached hydrogen (secondary N) is 1. The molecule has 38 heavy (non-hydrogen) atoms. The molecular formula is C26H17Br2ClN2O6S. The molecule has 194 valence electrons. The maximum atomic E-state index is 12.9. The zero-order chi connectivity index (χ0) is 27.4. The van der Waals surface area contributed by atoms with E-state index >= 15 is 0 Å². The molecule has 3 aromatic carbocycles. The third-order valence-corrected chi connectivity index (χ3v) is 7.64. The molecule has 0 atom stereocenters. The Kier molecular flexibility index (Phi) is 8.93. The first kappa shape index (κ1) is 27.9. The van der Waals surface area contributed by atoms with Crippen LogP contribution in [-0.4, -0.2) is 39.6 Å². The van der Waals surface area contributed by atoms with Gasteiger partial charge in [0, 0.05) is 0 Å². The van der Waals surface area contributed by atoms with E-state index in [1.807, 2.05) is 0 Å². The van der Waals surface area contributed by atoms with Crippen LogP contribution in [-0.2, 0) is 16.2 Å². The van der Waals surface area contributed by atoms with Gasteiger partial charge in [0.2, 0.25) is 5.91 Å². The van der Waals surface area contributed by atoms with Crippen molar-refractivity contribution < 1.29 is 29.0 Å². The quantitative estimate of drug-likeness (QED) is 0.251. The Balaban J connectivity index is 1.43. The van der Waals surface area contributed by atoms with Crippen molar-refractivity contribution in [1.82, 2.24) is 4.90 Å². The van der Waals surface area contributed by atoms with Crippen molar-refractivity contribution in [3.63, 3.8) is 0 Å². The van der Waals surface area contributed by atoms with Gasteiger partial charge in [-0.05, 0) is 97.2 Å². The number of halogens is 3. The number of imide groups is 1. The normalized spacial score (nSPS) is 14.2. The summed E-state index contributed by atoms with van der Waals surface area (Å²) in [4.78, 5) is 49.8. The fraction of sp³-hybridized carbons (Fsp3) is 0.0769. The number of benzene rings is 3. The first-order valence-corrected chi connectivity index (χ1v) is 13.6. The van der Waals surface area contributed by atoms with Crippen molar-refractivity contribution in [1.29, 1.82) is 0 Å². The van der Waals surface area contributed by atoms with E-state index in [1.54, 1.807) is 54.6 Å². The van der Waals surface area contributed by atoms with Crippen molar-refractivity contribution in [2.24, 2.45) is 0 Å². The number of aromatic carboxylic acids is 1. The molecule has 0 radical (unpaired) electrons. The lowest BCUT2D eigenvalue weighted by atomic mass is 10.1. The molecule has 0 aromatic heterocycles. The number of carbonyl (C=O) groups excluding carboxylic acids is 3. The Morgan fingerprint density at radius 1 is 1.05 bits per heavy atom. The van der Waals surface area contributed by atoms with Crippen molar-refractivity contribution in [2.75, 3.05) is 11.9 Å². The molecule has 8 nitrogen and oxygen atoms in total. The maximum Gasteiger partial charge on any atom is 0.335 e. The first-order valence-electron chi connectivity index (χ1n) is 10.9. The van der Waals surface area contributed by atoms with Crippen LogP contribution in [0.4, 0.5) is 10.5 Å². The number of nitrogens with zero attached hydrogens (tertiary/aromatic N) is 1. The molecule has 2 N–H and O–H groups in total. The Morgan fingerprint density at radius 3 is 2.34 bits per heavy atom. The van der Waals surface area contributed by atoms with E-state index in [1.165, 1.54) is 12.1 Å². The van der Waals surface area contributed by atoms with Gasteiger partial charge in [-0.1, -0.05) is 35.9 Å². The summed E-state index contributed by atoms with van der Waals surface area (Å²) in [6.45, 7) is -0.244. The summed E-state index contributed by atoms with van der Waals surface area (Å²) >= 11 is 13.7. The molecule has 1 aliphatic heterocycles. The van der Waals surface area contributed by atoms with Crippen LogP contribution >= 0.6 is 55.2 Å². The van der Waals surface area contributed by atoms with Gasteiger partial charge in [0.25, 0.3) is 11.1 Å². The number of hydrogen-bond acceptors (Lipinski definition) is 6. The second-order valence-electron chi connectivity index (χ2n) is 7.90. The van der Waals surface area contributed by atoms with E-state index in [0.717, 1.165) is 22.2 Å². The minimum Gasteiger partial charge on any atom is -0.487 e. The minimum atomic E-state index is -1.00. The van der Waals surface area contributed by atoms with Gasteiger partial charge in [-0.15, -0.1) is 0 Å². The third kappa shape index (κ3) is 6.65. The Morgan fingerprint density at radius 2 is 1.71 bits per heavy atom. The van der Waals surface area contributed by atoms with Crippen LogP contribution in [0.2, 0.25) is 5.02 Å². The summed E-state index contributed by atoms with van der Waals surface area (Å²) in [5, 5.41) is 11.4. The first-order chi connectivity index (χ1) is 18.1. The molecule has 0 unspecified atom stereocenters. The van der Waals surface area contributed by atoms with Gasteiger partial charge >= 0.3 is 5.97 Å². The maximum absolute atomic E-state index is 12.9. The molecule has 0 spiro atoms. The molecule has 0 saturated carbocycles. The molecule has 0 bridgehead atoms. The van der Waals surface area contributed by atoms with Crippen LogP contribution in [0.5, 0.6) is 5.75 Å². The summed E-state index contributed by atoms with van der Waals surface area (Å²) in [7, 11) is 0. The number of hydrogen-bond donors (Lipinski definition) is 2. The van der Waals surface area contributed by atoms with Gasteiger partial charge in [-0.25, -0.2) is 4.79 Å². The number of anilines is 1. The summed E-state index contributed by atoms with van der Waals surface area (Å²) in [5.41, 5.74) is 1.97. The zero-order valence-corrected chi connectivity index (χ0v) is 24.0. The molecule has 3 amide bonds. The molecule has 1 aliphatic rings. The smallest absolute Gasteiger partial charge is 0.335 e. The molecule has 1 fully saturated rings. The van der Waals surface area contributed by atoms with E-state index in [4.69, 9.17) is 21.4 Å². The standard InChI is InChI=1S/C26H17Br2ClN2O6S/c27-17-9-15(10-18(28)23(17)37-13-14-5-7-16(8-6-14)25(34)35)11-21-24(33)31(26(36)38-21)12-22(32)30-20-4-2-1-3-19(20)29/h1-11H,12-13H2,(H,30,32)(H,34,35)/b21-11+. The summed E-state index contributed by atoms with van der Waals surface area (Å²) in [6.07, 6.45) is 1.56. The Labute approximate surface area is 243 Å². The average molecular weight is 681 g/mol. The van der Waals surface area contributed by atoms with E-state index in [9.17, 15) is 19.2 Å². The summed E-state index contributed by atoms with van der Waals surface area (Å²) < 4.78 is 7.08. The fourth-order valence-electron chi connectivity index (χ4n) is 3.38. The zero-order valence-electron chi connectivity index (χ0n) is 19.2. The molecule has 0 aliphatic carbocycles. The number of carboxylic acid groups (broad SMARTS) is 1. The average Bonchev–Trinajstić information content (AvgIpc) is 3.12. The van der Waals surface area contributed by atoms with Crippen LogP contribution in [0.3, 0.4) is 0 Å². The predicted octanol–water partition coefficient (Wildman–Crippen LogP) is 6.82. The molecule has 1 saturated heterocycles. The van der Waals surface area contributed by atoms with Crippen LogP contribution in [0.1, 0.15) is 21.5 Å². The van der Waals surface area contributed by atoms with Crippen LogP contribution in [0.15, 0.2) is 74.5 Å². The second-order valence-corrected chi connectivity index (χ2v) is 11.0. The van der Waals surface area contributed by atoms with Crippen LogP contribution in [0.25, 0.3) is 6.08 Å². The summed E-state index contributed by atoms with van der Waals surface area (Å²) in [6, 6.07) is 16.5. The van der Waals surface area contributed by atoms with Gasteiger partial charge < -0.3 is 15.2 Å². The highest BCUT2D eigenvalue weighted by Crippen LogP contribution is 2.38. The van der Waals surface area contributed by atoms with Gasteiger partial charge in [0.15, 0.2) is 0 Å². The van der Waals surface area contributed by atoms with Crippen molar-refractivity contribution >= 4 is 90.0 Å². The number of carboxylic acids is 1. The van der Waals surface area contributed by atoms with Crippen LogP contribution < -0.4 is 10.1 Å². The van der Waals surface area contributed by atoms with Gasteiger partial charge in [-0.2, -0.15) is 0 Å². The largest absolute Gasteiger partial charge is 0.487 e. The number of para-hydroxylation sites is 1. The highest BCUT2D eigenvalue weighted by Gasteiger charge is 2.36. The van der Waals surface area contributed by atoms with E-state index in [-0.39, 0.29) is 17.1 Å².